The van der Waals surface area contributed by atoms with Crippen molar-refractivity contribution >= 4 is 17.5 Å². The topological polar surface area (TPSA) is 89.6 Å². The lowest BCUT2D eigenvalue weighted by atomic mass is 9.93. The number of pyridine rings is 1. The van der Waals surface area contributed by atoms with Gasteiger partial charge < -0.3 is 20.1 Å². The van der Waals surface area contributed by atoms with Gasteiger partial charge in [-0.2, -0.15) is 0 Å². The lowest BCUT2D eigenvalue weighted by molar-refractivity contribution is -0.134. The lowest BCUT2D eigenvalue weighted by Gasteiger charge is -2.22. The van der Waals surface area contributed by atoms with E-state index in [2.05, 4.69) is 15.6 Å². The van der Waals surface area contributed by atoms with Gasteiger partial charge in [-0.15, -0.1) is 0 Å². The SMILES string of the molecule is COCCNC(=O)C1(C)Cc2c(-c3cccc(NC(C)=O)c3)ccnc2O1. The van der Waals surface area contributed by atoms with Gasteiger partial charge in [-0.1, -0.05) is 12.1 Å². The summed E-state index contributed by atoms with van der Waals surface area (Å²) in [6.45, 7) is 4.09. The fourth-order valence-electron chi connectivity index (χ4n) is 3.14. The summed E-state index contributed by atoms with van der Waals surface area (Å²) in [7, 11) is 1.58. The normalized spacial score (nSPS) is 17.7. The van der Waals surface area contributed by atoms with Crippen LogP contribution in [0.5, 0.6) is 5.88 Å². The van der Waals surface area contributed by atoms with E-state index in [0.29, 0.717) is 31.1 Å². The zero-order valence-corrected chi connectivity index (χ0v) is 15.7. The fourth-order valence-corrected chi connectivity index (χ4v) is 3.14. The second-order valence-electron chi connectivity index (χ2n) is 6.66. The Bertz CT molecular complexity index is 868. The number of carbonyl (C=O) groups is 2. The summed E-state index contributed by atoms with van der Waals surface area (Å²) in [6.07, 6.45) is 2.07. The smallest absolute Gasteiger partial charge is 0.264 e. The molecule has 27 heavy (non-hydrogen) atoms. The number of amides is 2. The Morgan fingerprint density at radius 3 is 2.89 bits per heavy atom. The van der Waals surface area contributed by atoms with Crippen LogP contribution in [0, 0.1) is 0 Å². The van der Waals surface area contributed by atoms with Crippen molar-refractivity contribution < 1.29 is 19.1 Å². The molecule has 0 saturated carbocycles. The number of rotatable bonds is 6. The zero-order chi connectivity index (χ0) is 19.4. The van der Waals surface area contributed by atoms with E-state index in [4.69, 9.17) is 9.47 Å². The number of carbonyl (C=O) groups excluding carboxylic acids is 2. The molecule has 2 aromatic rings. The van der Waals surface area contributed by atoms with Crippen LogP contribution in [0.25, 0.3) is 11.1 Å². The van der Waals surface area contributed by atoms with Crippen LogP contribution >= 0.6 is 0 Å². The number of methoxy groups -OCH3 is 1. The van der Waals surface area contributed by atoms with Gasteiger partial charge in [-0.3, -0.25) is 9.59 Å². The van der Waals surface area contributed by atoms with Crippen LogP contribution in [-0.4, -0.2) is 42.7 Å². The molecule has 0 fully saturated rings. The molecule has 3 rings (SSSR count). The Morgan fingerprint density at radius 2 is 2.15 bits per heavy atom. The molecular weight excluding hydrogens is 346 g/mol. The van der Waals surface area contributed by atoms with E-state index in [1.54, 1.807) is 20.2 Å². The number of fused-ring (bicyclic) bond motifs is 1. The monoisotopic (exact) mass is 369 g/mol. The van der Waals surface area contributed by atoms with Gasteiger partial charge in [0.15, 0.2) is 5.60 Å². The molecule has 7 heteroatoms. The molecule has 1 unspecified atom stereocenters. The molecule has 2 heterocycles. The summed E-state index contributed by atoms with van der Waals surface area (Å²) < 4.78 is 10.9. The van der Waals surface area contributed by atoms with Gasteiger partial charge in [0.05, 0.1) is 6.61 Å². The maximum Gasteiger partial charge on any atom is 0.264 e. The van der Waals surface area contributed by atoms with Gasteiger partial charge in [-0.25, -0.2) is 4.98 Å². The van der Waals surface area contributed by atoms with Crippen molar-refractivity contribution in [2.45, 2.75) is 25.9 Å². The average Bonchev–Trinajstić information content (AvgIpc) is 2.99. The first-order chi connectivity index (χ1) is 12.9. The minimum absolute atomic E-state index is 0.129. The Hall–Kier alpha value is -2.93. The third-order valence-corrected chi connectivity index (χ3v) is 4.42. The van der Waals surface area contributed by atoms with Gasteiger partial charge in [0, 0.05) is 44.4 Å². The van der Waals surface area contributed by atoms with Crippen molar-refractivity contribution in [2.75, 3.05) is 25.6 Å². The molecule has 1 aliphatic heterocycles. The predicted molar refractivity (Wildman–Crippen MR) is 102 cm³/mol. The van der Waals surface area contributed by atoms with Gasteiger partial charge in [0.1, 0.15) is 0 Å². The summed E-state index contributed by atoms with van der Waals surface area (Å²) >= 11 is 0. The highest BCUT2D eigenvalue weighted by molar-refractivity contribution is 5.90. The Labute approximate surface area is 158 Å². The molecule has 0 radical (unpaired) electrons. The summed E-state index contributed by atoms with van der Waals surface area (Å²) in [5, 5.41) is 5.61. The molecule has 2 amide bonds. The van der Waals surface area contributed by atoms with Gasteiger partial charge in [-0.05, 0) is 36.2 Å². The Balaban J connectivity index is 1.87. The largest absolute Gasteiger partial charge is 0.461 e. The van der Waals surface area contributed by atoms with Crippen molar-refractivity contribution in [1.82, 2.24) is 10.3 Å². The second kappa shape index (κ2) is 7.75. The number of hydrogen-bond donors (Lipinski definition) is 2. The molecule has 0 aliphatic carbocycles. The number of benzene rings is 1. The van der Waals surface area contributed by atoms with E-state index in [1.807, 2.05) is 30.3 Å². The van der Waals surface area contributed by atoms with E-state index in [1.165, 1.54) is 6.92 Å². The highest BCUT2D eigenvalue weighted by Crippen LogP contribution is 2.40. The minimum atomic E-state index is -1.02. The van der Waals surface area contributed by atoms with Crippen LogP contribution < -0.4 is 15.4 Å². The number of ether oxygens (including phenoxy) is 2. The third kappa shape index (κ3) is 4.09. The first-order valence-electron chi connectivity index (χ1n) is 8.75. The van der Waals surface area contributed by atoms with Crippen LogP contribution in [0.15, 0.2) is 36.5 Å². The van der Waals surface area contributed by atoms with Crippen molar-refractivity contribution in [3.8, 4) is 17.0 Å². The highest BCUT2D eigenvalue weighted by atomic mass is 16.5. The minimum Gasteiger partial charge on any atom is -0.461 e. The molecule has 0 spiro atoms. The number of hydrogen-bond acceptors (Lipinski definition) is 5. The summed E-state index contributed by atoms with van der Waals surface area (Å²) in [6, 6.07) is 9.44. The molecular formula is C20H23N3O4. The first-order valence-corrected chi connectivity index (χ1v) is 8.75. The third-order valence-electron chi connectivity index (χ3n) is 4.42. The fraction of sp³-hybridized carbons (Fsp3) is 0.350. The molecule has 142 valence electrons. The molecule has 0 saturated heterocycles. The second-order valence-corrected chi connectivity index (χ2v) is 6.66. The van der Waals surface area contributed by atoms with E-state index in [0.717, 1.165) is 16.7 Å². The van der Waals surface area contributed by atoms with Crippen molar-refractivity contribution in [3.63, 3.8) is 0 Å². The van der Waals surface area contributed by atoms with Gasteiger partial charge in [0.2, 0.25) is 11.8 Å². The molecule has 2 N–H and O–H groups in total. The van der Waals surface area contributed by atoms with Crippen LogP contribution in [0.1, 0.15) is 19.4 Å². The summed E-state index contributed by atoms with van der Waals surface area (Å²) in [4.78, 5) is 28.2. The average molecular weight is 369 g/mol. The first kappa shape index (κ1) is 18.8. The number of anilines is 1. The molecule has 1 aliphatic rings. The molecule has 0 bridgehead atoms. The summed E-state index contributed by atoms with van der Waals surface area (Å²) in [5.41, 5.74) is 2.42. The quantitative estimate of drug-likeness (QED) is 0.762. The van der Waals surface area contributed by atoms with Crippen molar-refractivity contribution in [1.29, 1.82) is 0 Å². The van der Waals surface area contributed by atoms with Crippen LogP contribution in [0.2, 0.25) is 0 Å². The van der Waals surface area contributed by atoms with E-state index in [9.17, 15) is 9.59 Å². The molecule has 1 aromatic carbocycles. The van der Waals surface area contributed by atoms with Crippen molar-refractivity contribution in [3.05, 3.63) is 42.1 Å². The van der Waals surface area contributed by atoms with Crippen LogP contribution in [0.3, 0.4) is 0 Å². The van der Waals surface area contributed by atoms with E-state index >= 15 is 0 Å². The molecule has 1 aromatic heterocycles. The highest BCUT2D eigenvalue weighted by Gasteiger charge is 2.43. The van der Waals surface area contributed by atoms with Crippen LogP contribution in [-0.2, 0) is 20.7 Å². The standard InChI is InChI=1S/C20H23N3O4/c1-13(24)23-15-6-4-5-14(11-15)16-7-8-21-18-17(16)12-20(2,27-18)19(25)22-9-10-26-3/h4-8,11H,9-10,12H2,1-3H3,(H,22,25)(H,23,24). The number of aromatic nitrogens is 1. The summed E-state index contributed by atoms with van der Waals surface area (Å²) in [5.74, 6) is 0.132. The van der Waals surface area contributed by atoms with E-state index < -0.39 is 5.60 Å². The Morgan fingerprint density at radius 1 is 1.33 bits per heavy atom. The van der Waals surface area contributed by atoms with Gasteiger partial charge >= 0.3 is 0 Å². The van der Waals surface area contributed by atoms with E-state index in [-0.39, 0.29) is 11.8 Å². The predicted octanol–water partition coefficient (Wildman–Crippen LogP) is 2.16. The number of nitrogens with one attached hydrogen (secondary N) is 2. The van der Waals surface area contributed by atoms with Crippen molar-refractivity contribution in [2.24, 2.45) is 0 Å². The zero-order valence-electron chi connectivity index (χ0n) is 15.7. The van der Waals surface area contributed by atoms with Gasteiger partial charge in [0.25, 0.3) is 5.91 Å². The Kier molecular flexibility index (Phi) is 5.41. The molecule has 7 nitrogen and oxygen atoms in total. The molecule has 1 atom stereocenters. The maximum atomic E-state index is 12.6. The lowest BCUT2D eigenvalue weighted by Crippen LogP contribution is -2.48. The van der Waals surface area contributed by atoms with Crippen LogP contribution in [0.4, 0.5) is 5.69 Å². The maximum absolute atomic E-state index is 12.6. The number of nitrogens with zero attached hydrogens (tertiary/aromatic N) is 1.